The lowest BCUT2D eigenvalue weighted by atomic mass is 10.6. The highest BCUT2D eigenvalue weighted by atomic mass is 79.9. The summed E-state index contributed by atoms with van der Waals surface area (Å²) < 4.78 is 1.89. The summed E-state index contributed by atoms with van der Waals surface area (Å²) in [7, 11) is 1.94. The number of rotatable bonds is 1. The number of nitrogens with zero attached hydrogens (tertiary/aromatic N) is 2. The van der Waals surface area contributed by atoms with Crippen LogP contribution in [0.3, 0.4) is 0 Å². The van der Waals surface area contributed by atoms with E-state index in [2.05, 4.69) is 27.8 Å². The quantitative estimate of drug-likeness (QED) is 0.642. The van der Waals surface area contributed by atoms with Crippen molar-refractivity contribution in [2.45, 2.75) is 13.3 Å². The van der Waals surface area contributed by atoms with Crippen molar-refractivity contribution in [2.24, 2.45) is 7.05 Å². The first-order valence-electron chi connectivity index (χ1n) is 3.29. The molecule has 3 heteroatoms. The molecule has 0 atom stereocenters. The van der Waals surface area contributed by atoms with Gasteiger partial charge in [-0.15, -0.1) is 0 Å². The van der Waals surface area contributed by atoms with Crippen LogP contribution in [0.5, 0.6) is 0 Å². The Bertz CT molecular complexity index is 135. The van der Waals surface area contributed by atoms with E-state index in [9.17, 15) is 0 Å². The van der Waals surface area contributed by atoms with Crippen molar-refractivity contribution in [1.82, 2.24) is 9.55 Å². The van der Waals surface area contributed by atoms with Crippen molar-refractivity contribution in [3.8, 4) is 0 Å². The minimum Gasteiger partial charge on any atom is -0.341 e. The molecule has 0 aliphatic heterocycles. The molecule has 0 bridgehead atoms. The fourth-order valence-electron chi connectivity index (χ4n) is 0.326. The fourth-order valence-corrected chi connectivity index (χ4v) is 0.326. The second kappa shape index (κ2) is 6.81. The molecule has 1 heterocycles. The molecule has 0 spiro atoms. The number of alkyl halides is 1. The van der Waals surface area contributed by atoms with Gasteiger partial charge in [0.05, 0.1) is 6.33 Å². The number of imidazole rings is 1. The van der Waals surface area contributed by atoms with Gasteiger partial charge in [-0.05, 0) is 6.42 Å². The van der Waals surface area contributed by atoms with E-state index < -0.39 is 0 Å². The Morgan fingerprint density at radius 3 is 2.30 bits per heavy atom. The molecule has 1 aromatic rings. The summed E-state index contributed by atoms with van der Waals surface area (Å²) in [6, 6.07) is 0. The van der Waals surface area contributed by atoms with Crippen LogP contribution < -0.4 is 0 Å². The Morgan fingerprint density at radius 2 is 2.20 bits per heavy atom. The molecular weight excluding hydrogens is 192 g/mol. The Balaban J connectivity index is 0.000000180. The molecule has 0 aliphatic rings. The van der Waals surface area contributed by atoms with Crippen molar-refractivity contribution < 1.29 is 0 Å². The zero-order valence-electron chi connectivity index (χ0n) is 6.42. The van der Waals surface area contributed by atoms with E-state index in [-0.39, 0.29) is 0 Å². The molecule has 0 aromatic carbocycles. The van der Waals surface area contributed by atoms with E-state index in [0.717, 1.165) is 5.33 Å². The van der Waals surface area contributed by atoms with Crippen LogP contribution in [0.4, 0.5) is 0 Å². The van der Waals surface area contributed by atoms with Crippen LogP contribution in [0.25, 0.3) is 0 Å². The second-order valence-corrected chi connectivity index (χ2v) is 2.71. The van der Waals surface area contributed by atoms with Crippen molar-refractivity contribution in [3.05, 3.63) is 18.7 Å². The maximum Gasteiger partial charge on any atom is 0.0943 e. The van der Waals surface area contributed by atoms with Gasteiger partial charge < -0.3 is 4.57 Å². The highest BCUT2D eigenvalue weighted by Crippen LogP contribution is 1.80. The summed E-state index contributed by atoms with van der Waals surface area (Å²) in [5.41, 5.74) is 0. The van der Waals surface area contributed by atoms with Crippen LogP contribution in [-0.2, 0) is 7.05 Å². The number of hydrogen-bond donors (Lipinski definition) is 0. The highest BCUT2D eigenvalue weighted by Gasteiger charge is 1.69. The average Bonchev–Trinajstić information content (AvgIpc) is 2.40. The maximum atomic E-state index is 3.78. The lowest BCUT2D eigenvalue weighted by Crippen LogP contribution is -1.76. The molecular formula is C7H13BrN2. The first kappa shape index (κ1) is 9.69. The van der Waals surface area contributed by atoms with Crippen LogP contribution >= 0.6 is 15.9 Å². The molecule has 0 saturated carbocycles. The van der Waals surface area contributed by atoms with Crippen molar-refractivity contribution >= 4 is 15.9 Å². The van der Waals surface area contributed by atoms with Gasteiger partial charge in [0.2, 0.25) is 0 Å². The van der Waals surface area contributed by atoms with Gasteiger partial charge in [-0.1, -0.05) is 22.9 Å². The monoisotopic (exact) mass is 204 g/mol. The van der Waals surface area contributed by atoms with Gasteiger partial charge in [-0.25, -0.2) is 4.98 Å². The van der Waals surface area contributed by atoms with Crippen LogP contribution in [0.2, 0.25) is 0 Å². The van der Waals surface area contributed by atoms with Gasteiger partial charge in [0, 0.05) is 24.8 Å². The van der Waals surface area contributed by atoms with Crippen molar-refractivity contribution in [3.63, 3.8) is 0 Å². The van der Waals surface area contributed by atoms with Gasteiger partial charge in [0.1, 0.15) is 0 Å². The smallest absolute Gasteiger partial charge is 0.0943 e. The van der Waals surface area contributed by atoms with E-state index in [4.69, 9.17) is 0 Å². The predicted molar refractivity (Wildman–Crippen MR) is 47.3 cm³/mol. The summed E-state index contributed by atoms with van der Waals surface area (Å²) in [6.45, 7) is 2.13. The minimum atomic E-state index is 1.13. The van der Waals surface area contributed by atoms with E-state index in [0.29, 0.717) is 0 Å². The summed E-state index contributed by atoms with van der Waals surface area (Å²) in [6.07, 6.45) is 6.62. The van der Waals surface area contributed by atoms with Crippen LogP contribution in [0, 0.1) is 0 Å². The number of halogens is 1. The van der Waals surface area contributed by atoms with E-state index in [1.807, 2.05) is 17.8 Å². The molecule has 2 nitrogen and oxygen atoms in total. The van der Waals surface area contributed by atoms with Gasteiger partial charge in [-0.3, -0.25) is 0 Å². The molecule has 0 amide bonds. The Hall–Kier alpha value is -0.310. The third kappa shape index (κ3) is 5.82. The summed E-state index contributed by atoms with van der Waals surface area (Å²) in [4.78, 5) is 3.78. The Kier molecular flexibility index (Phi) is 6.59. The largest absolute Gasteiger partial charge is 0.341 e. The topological polar surface area (TPSA) is 17.8 Å². The van der Waals surface area contributed by atoms with Crippen LogP contribution in [0.15, 0.2) is 18.7 Å². The standard InChI is InChI=1S/C4H6N2.C3H7Br/c1-6-3-2-5-4-6;1-2-3-4/h2-4H,1H3;2-3H2,1H3. The molecule has 0 fully saturated rings. The fraction of sp³-hybridized carbons (Fsp3) is 0.571. The van der Waals surface area contributed by atoms with Gasteiger partial charge in [0.15, 0.2) is 0 Å². The summed E-state index contributed by atoms with van der Waals surface area (Å²) >= 11 is 3.25. The third-order valence-corrected chi connectivity index (χ3v) is 1.62. The maximum absolute atomic E-state index is 3.78. The number of aromatic nitrogens is 2. The van der Waals surface area contributed by atoms with Crippen molar-refractivity contribution in [2.75, 3.05) is 5.33 Å². The molecule has 10 heavy (non-hydrogen) atoms. The number of hydrogen-bond acceptors (Lipinski definition) is 1. The van der Waals surface area contributed by atoms with Gasteiger partial charge >= 0.3 is 0 Å². The van der Waals surface area contributed by atoms with E-state index in [1.54, 1.807) is 12.5 Å². The highest BCUT2D eigenvalue weighted by molar-refractivity contribution is 9.09. The number of aryl methyl sites for hydroxylation is 1. The third-order valence-electron chi connectivity index (χ3n) is 0.826. The SMILES string of the molecule is CCCBr.Cn1ccnc1. The molecule has 0 N–H and O–H groups in total. The molecule has 1 rings (SSSR count). The Labute approximate surface area is 70.4 Å². The minimum absolute atomic E-state index is 1.13. The predicted octanol–water partition coefficient (Wildman–Crippen LogP) is 2.21. The van der Waals surface area contributed by atoms with Gasteiger partial charge in [0.25, 0.3) is 0 Å². The zero-order valence-corrected chi connectivity index (χ0v) is 8.00. The molecule has 0 aliphatic carbocycles. The zero-order chi connectivity index (χ0) is 7.82. The molecule has 0 radical (unpaired) electrons. The van der Waals surface area contributed by atoms with Crippen molar-refractivity contribution in [1.29, 1.82) is 0 Å². The first-order chi connectivity index (χ1) is 4.81. The molecule has 0 saturated heterocycles. The normalized spacial score (nSPS) is 8.30. The van der Waals surface area contributed by atoms with Crippen LogP contribution in [-0.4, -0.2) is 14.9 Å². The Morgan fingerprint density at radius 1 is 1.60 bits per heavy atom. The first-order valence-corrected chi connectivity index (χ1v) is 4.41. The molecule has 0 unspecified atom stereocenters. The van der Waals surface area contributed by atoms with E-state index in [1.165, 1.54) is 6.42 Å². The lowest BCUT2D eigenvalue weighted by molar-refractivity contribution is 0.913. The van der Waals surface area contributed by atoms with E-state index >= 15 is 0 Å². The summed E-state index contributed by atoms with van der Waals surface area (Å²) in [5, 5.41) is 1.13. The second-order valence-electron chi connectivity index (χ2n) is 1.92. The van der Waals surface area contributed by atoms with Gasteiger partial charge in [-0.2, -0.15) is 0 Å². The lowest BCUT2D eigenvalue weighted by Gasteiger charge is -1.76. The molecule has 1 aromatic heterocycles. The average molecular weight is 205 g/mol. The summed E-state index contributed by atoms with van der Waals surface area (Å²) in [5.74, 6) is 0. The molecule has 58 valence electrons. The van der Waals surface area contributed by atoms with Crippen LogP contribution in [0.1, 0.15) is 13.3 Å².